The number of nitrogens with zero attached hydrogens (tertiary/aromatic N) is 2. The first-order valence-electron chi connectivity index (χ1n) is 7.26. The third-order valence-corrected chi connectivity index (χ3v) is 4.57. The smallest absolute Gasteiger partial charge is 0.317 e. The Morgan fingerprint density at radius 2 is 2.40 bits per heavy atom. The SMILES string of the molecule is CC(CNC(=O)N1CCC(CN(C)C)C1)c1ccsc1. The lowest BCUT2D eigenvalue weighted by Crippen LogP contribution is -2.40. The van der Waals surface area contributed by atoms with E-state index in [0.29, 0.717) is 18.4 Å². The van der Waals surface area contributed by atoms with E-state index < -0.39 is 0 Å². The van der Waals surface area contributed by atoms with Crippen LogP contribution < -0.4 is 5.32 Å². The minimum Gasteiger partial charge on any atom is -0.337 e. The maximum atomic E-state index is 12.2. The molecule has 2 rings (SSSR count). The molecule has 20 heavy (non-hydrogen) atoms. The van der Waals surface area contributed by atoms with Gasteiger partial charge in [0.1, 0.15) is 0 Å². The molecule has 1 aromatic rings. The molecule has 2 heterocycles. The fourth-order valence-electron chi connectivity index (χ4n) is 2.71. The van der Waals surface area contributed by atoms with Crippen LogP contribution in [0.3, 0.4) is 0 Å². The van der Waals surface area contributed by atoms with Gasteiger partial charge in [-0.05, 0) is 54.7 Å². The predicted octanol–water partition coefficient (Wildman–Crippen LogP) is 2.44. The van der Waals surface area contributed by atoms with Gasteiger partial charge in [0.15, 0.2) is 0 Å². The molecule has 1 aromatic heterocycles. The summed E-state index contributed by atoms with van der Waals surface area (Å²) >= 11 is 1.71. The van der Waals surface area contributed by atoms with Crippen molar-refractivity contribution in [2.45, 2.75) is 19.3 Å². The van der Waals surface area contributed by atoms with Crippen molar-refractivity contribution < 1.29 is 4.79 Å². The molecule has 2 amide bonds. The van der Waals surface area contributed by atoms with Crippen molar-refractivity contribution in [3.05, 3.63) is 22.4 Å². The summed E-state index contributed by atoms with van der Waals surface area (Å²) in [6, 6.07) is 2.22. The quantitative estimate of drug-likeness (QED) is 0.905. The number of carbonyl (C=O) groups excluding carboxylic acids is 1. The number of rotatable bonds is 5. The molecule has 2 unspecified atom stereocenters. The van der Waals surface area contributed by atoms with Gasteiger partial charge in [-0.1, -0.05) is 6.92 Å². The van der Waals surface area contributed by atoms with Crippen LogP contribution >= 0.6 is 11.3 Å². The summed E-state index contributed by atoms with van der Waals surface area (Å²) in [5.41, 5.74) is 1.31. The van der Waals surface area contributed by atoms with Crippen LogP contribution in [0.2, 0.25) is 0 Å². The first kappa shape index (κ1) is 15.3. The summed E-state index contributed by atoms with van der Waals surface area (Å²) < 4.78 is 0. The Morgan fingerprint density at radius 1 is 1.60 bits per heavy atom. The lowest BCUT2D eigenvalue weighted by Gasteiger charge is -2.20. The second kappa shape index (κ2) is 7.09. The van der Waals surface area contributed by atoms with E-state index in [9.17, 15) is 4.79 Å². The summed E-state index contributed by atoms with van der Waals surface area (Å²) in [5, 5.41) is 7.30. The highest BCUT2D eigenvalue weighted by Gasteiger charge is 2.26. The van der Waals surface area contributed by atoms with Gasteiger partial charge >= 0.3 is 6.03 Å². The highest BCUT2D eigenvalue weighted by molar-refractivity contribution is 7.07. The highest BCUT2D eigenvalue weighted by Crippen LogP contribution is 2.19. The van der Waals surface area contributed by atoms with E-state index in [1.165, 1.54) is 5.56 Å². The Balaban J connectivity index is 1.73. The van der Waals surface area contributed by atoms with Crippen LogP contribution in [0.25, 0.3) is 0 Å². The minimum atomic E-state index is 0.0911. The Morgan fingerprint density at radius 3 is 3.05 bits per heavy atom. The van der Waals surface area contributed by atoms with Crippen molar-refractivity contribution >= 4 is 17.4 Å². The monoisotopic (exact) mass is 295 g/mol. The molecule has 5 heteroatoms. The van der Waals surface area contributed by atoms with Crippen molar-refractivity contribution in [1.29, 1.82) is 0 Å². The third kappa shape index (κ3) is 4.21. The number of carbonyl (C=O) groups is 1. The van der Waals surface area contributed by atoms with Crippen molar-refractivity contribution in [1.82, 2.24) is 15.1 Å². The Kier molecular flexibility index (Phi) is 5.43. The molecule has 0 bridgehead atoms. The molecule has 112 valence electrons. The average molecular weight is 295 g/mol. The molecular formula is C15H25N3OS. The van der Waals surface area contributed by atoms with E-state index in [-0.39, 0.29) is 6.03 Å². The lowest BCUT2D eigenvalue weighted by molar-refractivity contribution is 0.205. The number of urea groups is 1. The van der Waals surface area contributed by atoms with Crippen LogP contribution in [-0.4, -0.2) is 56.1 Å². The van der Waals surface area contributed by atoms with Crippen molar-refractivity contribution in [2.75, 3.05) is 40.3 Å². The molecule has 4 nitrogen and oxygen atoms in total. The van der Waals surface area contributed by atoms with Crippen LogP contribution in [0.4, 0.5) is 4.79 Å². The van der Waals surface area contributed by atoms with E-state index in [4.69, 9.17) is 0 Å². The standard InChI is InChI=1S/C15H25N3OS/c1-12(14-5-7-20-11-14)8-16-15(19)18-6-4-13(10-18)9-17(2)3/h5,7,11-13H,4,6,8-10H2,1-3H3,(H,16,19). The van der Waals surface area contributed by atoms with Crippen LogP contribution in [0.5, 0.6) is 0 Å². The molecule has 1 fully saturated rings. The fraction of sp³-hybridized carbons (Fsp3) is 0.667. The van der Waals surface area contributed by atoms with Crippen LogP contribution in [0, 0.1) is 5.92 Å². The molecule has 0 radical (unpaired) electrons. The second-order valence-electron chi connectivity index (χ2n) is 6.01. The van der Waals surface area contributed by atoms with Gasteiger partial charge in [-0.2, -0.15) is 11.3 Å². The summed E-state index contributed by atoms with van der Waals surface area (Å²) in [4.78, 5) is 16.3. The van der Waals surface area contributed by atoms with E-state index >= 15 is 0 Å². The van der Waals surface area contributed by atoms with Gasteiger partial charge < -0.3 is 15.1 Å². The first-order valence-corrected chi connectivity index (χ1v) is 8.20. The molecule has 1 N–H and O–H groups in total. The normalized spacial score (nSPS) is 20.4. The van der Waals surface area contributed by atoms with Gasteiger partial charge in [0, 0.05) is 26.2 Å². The predicted molar refractivity (Wildman–Crippen MR) is 84.4 cm³/mol. The van der Waals surface area contributed by atoms with E-state index in [1.807, 2.05) is 4.90 Å². The number of amides is 2. The molecule has 0 spiro atoms. The molecule has 0 saturated carbocycles. The number of hydrogen-bond donors (Lipinski definition) is 1. The van der Waals surface area contributed by atoms with E-state index in [1.54, 1.807) is 11.3 Å². The van der Waals surface area contributed by atoms with E-state index in [0.717, 1.165) is 26.1 Å². The summed E-state index contributed by atoms with van der Waals surface area (Å²) in [6.07, 6.45) is 1.12. The van der Waals surface area contributed by atoms with Crippen LogP contribution in [-0.2, 0) is 0 Å². The first-order chi connectivity index (χ1) is 9.56. The van der Waals surface area contributed by atoms with Gasteiger partial charge in [-0.3, -0.25) is 0 Å². The highest BCUT2D eigenvalue weighted by atomic mass is 32.1. The average Bonchev–Trinajstić information content (AvgIpc) is 3.05. The third-order valence-electron chi connectivity index (χ3n) is 3.87. The van der Waals surface area contributed by atoms with Gasteiger partial charge in [-0.25, -0.2) is 4.79 Å². The lowest BCUT2D eigenvalue weighted by atomic mass is 10.1. The van der Waals surface area contributed by atoms with Gasteiger partial charge in [-0.15, -0.1) is 0 Å². The zero-order valence-corrected chi connectivity index (χ0v) is 13.4. The number of hydrogen-bond acceptors (Lipinski definition) is 3. The largest absolute Gasteiger partial charge is 0.337 e. The fourth-order valence-corrected chi connectivity index (χ4v) is 3.49. The Hall–Kier alpha value is -1.07. The molecule has 1 aliphatic rings. The number of likely N-dealkylation sites (tertiary alicyclic amines) is 1. The molecule has 1 saturated heterocycles. The van der Waals surface area contributed by atoms with Crippen LogP contribution in [0.1, 0.15) is 24.8 Å². The maximum Gasteiger partial charge on any atom is 0.317 e. The number of nitrogens with one attached hydrogen (secondary N) is 1. The Labute approximate surface area is 125 Å². The topological polar surface area (TPSA) is 35.6 Å². The second-order valence-corrected chi connectivity index (χ2v) is 6.79. The van der Waals surface area contributed by atoms with E-state index in [2.05, 4.69) is 48.1 Å². The Bertz CT molecular complexity index is 419. The molecular weight excluding hydrogens is 270 g/mol. The van der Waals surface area contributed by atoms with Crippen molar-refractivity contribution in [2.24, 2.45) is 5.92 Å². The molecule has 0 aliphatic carbocycles. The minimum absolute atomic E-state index is 0.0911. The summed E-state index contributed by atoms with van der Waals surface area (Å²) in [7, 11) is 4.18. The number of thiophene rings is 1. The maximum absolute atomic E-state index is 12.2. The van der Waals surface area contributed by atoms with Crippen molar-refractivity contribution in [3.63, 3.8) is 0 Å². The van der Waals surface area contributed by atoms with Gasteiger partial charge in [0.2, 0.25) is 0 Å². The summed E-state index contributed by atoms with van der Waals surface area (Å²) in [6.45, 7) is 5.70. The zero-order valence-electron chi connectivity index (χ0n) is 12.6. The molecule has 0 aromatic carbocycles. The van der Waals surface area contributed by atoms with Gasteiger partial charge in [0.05, 0.1) is 0 Å². The van der Waals surface area contributed by atoms with Crippen LogP contribution in [0.15, 0.2) is 16.8 Å². The molecule has 2 atom stereocenters. The zero-order chi connectivity index (χ0) is 14.5. The molecule has 1 aliphatic heterocycles. The van der Waals surface area contributed by atoms with Gasteiger partial charge in [0.25, 0.3) is 0 Å². The summed E-state index contributed by atoms with van der Waals surface area (Å²) in [5.74, 6) is 0.996. The van der Waals surface area contributed by atoms with Crippen molar-refractivity contribution in [3.8, 4) is 0 Å².